The number of nitrogen functional groups attached to an aromatic ring is 1. The number of nitrogens with one attached hydrogen (secondary N) is 1. The van der Waals surface area contributed by atoms with Crippen molar-refractivity contribution in [2.45, 2.75) is 32.6 Å². The summed E-state index contributed by atoms with van der Waals surface area (Å²) in [5, 5.41) is 2.15. The van der Waals surface area contributed by atoms with Crippen molar-refractivity contribution < 1.29 is 8.42 Å². The lowest BCUT2D eigenvalue weighted by Gasteiger charge is -2.15. The monoisotopic (exact) mass is 311 g/mol. The van der Waals surface area contributed by atoms with Gasteiger partial charge in [0.05, 0.1) is 10.6 Å². The van der Waals surface area contributed by atoms with E-state index in [0.717, 1.165) is 11.3 Å². The molecule has 0 aliphatic heterocycles. The zero-order chi connectivity index (χ0) is 15.1. The first-order valence-electron chi connectivity index (χ1n) is 6.03. The van der Waals surface area contributed by atoms with Crippen LogP contribution in [0, 0.1) is 27.7 Å². The van der Waals surface area contributed by atoms with Crippen molar-refractivity contribution in [3.63, 3.8) is 0 Å². The van der Waals surface area contributed by atoms with Gasteiger partial charge >= 0.3 is 0 Å². The van der Waals surface area contributed by atoms with E-state index in [1.54, 1.807) is 25.3 Å². The molecule has 0 amide bonds. The van der Waals surface area contributed by atoms with Gasteiger partial charge in [-0.05, 0) is 44.4 Å². The second kappa shape index (κ2) is 5.06. The molecule has 1 heterocycles. The highest BCUT2D eigenvalue weighted by molar-refractivity contribution is 7.93. The summed E-state index contributed by atoms with van der Waals surface area (Å²) >= 11 is 1.26. The first-order chi connectivity index (χ1) is 9.22. The first kappa shape index (κ1) is 14.8. The second-order valence-electron chi connectivity index (χ2n) is 4.78. The van der Waals surface area contributed by atoms with E-state index in [1.807, 2.05) is 13.8 Å². The van der Waals surface area contributed by atoms with Crippen LogP contribution in [0.15, 0.2) is 16.3 Å². The number of benzene rings is 1. The Kier molecular flexibility index (Phi) is 3.75. The highest BCUT2D eigenvalue weighted by Crippen LogP contribution is 2.30. The molecule has 0 aliphatic carbocycles. The molecule has 2 aromatic rings. The van der Waals surface area contributed by atoms with Crippen molar-refractivity contribution in [2.24, 2.45) is 0 Å². The van der Waals surface area contributed by atoms with Crippen LogP contribution in [0.25, 0.3) is 0 Å². The molecule has 7 heteroatoms. The molecule has 3 N–H and O–H groups in total. The maximum Gasteiger partial charge on any atom is 0.264 e. The number of nitrogens with zero attached hydrogens (tertiary/aromatic N) is 1. The van der Waals surface area contributed by atoms with E-state index < -0.39 is 10.0 Å². The summed E-state index contributed by atoms with van der Waals surface area (Å²) in [6.07, 6.45) is 0. The van der Waals surface area contributed by atoms with Gasteiger partial charge in [-0.2, -0.15) is 0 Å². The highest BCUT2D eigenvalue weighted by atomic mass is 32.2. The summed E-state index contributed by atoms with van der Waals surface area (Å²) < 4.78 is 27.5. The van der Waals surface area contributed by atoms with Crippen LogP contribution in [0.4, 0.5) is 10.8 Å². The maximum absolute atomic E-state index is 12.5. The van der Waals surface area contributed by atoms with Gasteiger partial charge in [-0.3, -0.25) is 4.72 Å². The van der Waals surface area contributed by atoms with Gasteiger partial charge < -0.3 is 5.73 Å². The summed E-state index contributed by atoms with van der Waals surface area (Å²) in [7, 11) is -3.68. The average molecular weight is 311 g/mol. The van der Waals surface area contributed by atoms with Crippen molar-refractivity contribution in [3.05, 3.63) is 33.8 Å². The lowest BCUT2D eigenvalue weighted by molar-refractivity contribution is 0.600. The molecule has 0 radical (unpaired) electrons. The van der Waals surface area contributed by atoms with Crippen molar-refractivity contribution in [1.82, 2.24) is 4.98 Å². The molecule has 0 spiro atoms. The Morgan fingerprint density at radius 2 is 1.85 bits per heavy atom. The van der Waals surface area contributed by atoms with Crippen LogP contribution >= 0.6 is 11.3 Å². The van der Waals surface area contributed by atoms with Gasteiger partial charge in [-0.1, -0.05) is 6.07 Å². The fourth-order valence-corrected chi connectivity index (χ4v) is 4.59. The maximum atomic E-state index is 12.5. The number of sulfonamides is 1. The van der Waals surface area contributed by atoms with E-state index in [2.05, 4.69) is 9.71 Å². The van der Waals surface area contributed by atoms with Crippen molar-refractivity contribution in [3.8, 4) is 0 Å². The predicted octanol–water partition coefficient (Wildman–Crippen LogP) is 2.76. The Bertz CT molecular complexity index is 764. The molecular weight excluding hydrogens is 294 g/mol. The zero-order valence-corrected chi connectivity index (χ0v) is 13.4. The van der Waals surface area contributed by atoms with E-state index in [4.69, 9.17) is 5.73 Å². The van der Waals surface area contributed by atoms with E-state index in [-0.39, 0.29) is 4.90 Å². The third-order valence-electron chi connectivity index (χ3n) is 3.07. The van der Waals surface area contributed by atoms with Crippen LogP contribution in [0.5, 0.6) is 0 Å². The number of hydrogen-bond acceptors (Lipinski definition) is 5. The van der Waals surface area contributed by atoms with Gasteiger partial charge in [0.25, 0.3) is 10.0 Å². The number of aromatic nitrogens is 1. The normalized spacial score (nSPS) is 11.6. The van der Waals surface area contributed by atoms with Gasteiger partial charge in [0.15, 0.2) is 5.13 Å². The van der Waals surface area contributed by atoms with Crippen LogP contribution in [-0.2, 0) is 10.0 Å². The van der Waals surface area contributed by atoms with Crippen LogP contribution in [0.1, 0.15) is 22.4 Å². The topological polar surface area (TPSA) is 85.1 Å². The zero-order valence-electron chi connectivity index (χ0n) is 11.8. The van der Waals surface area contributed by atoms with Gasteiger partial charge in [0.1, 0.15) is 0 Å². The SMILES string of the molecule is Cc1csc(NS(=O)(=O)c2c(C)cc(C)c(N)c2C)n1. The molecule has 0 unspecified atom stereocenters. The van der Waals surface area contributed by atoms with Crippen molar-refractivity contribution >= 4 is 32.2 Å². The van der Waals surface area contributed by atoms with E-state index in [0.29, 0.717) is 21.9 Å². The van der Waals surface area contributed by atoms with Crippen molar-refractivity contribution in [1.29, 1.82) is 0 Å². The molecular formula is C13H17N3O2S2. The summed E-state index contributed by atoms with van der Waals surface area (Å²) in [5.41, 5.74) is 9.36. The number of aryl methyl sites for hydroxylation is 3. The van der Waals surface area contributed by atoms with E-state index in [9.17, 15) is 8.42 Å². The molecule has 20 heavy (non-hydrogen) atoms. The fraction of sp³-hybridized carbons (Fsp3) is 0.308. The molecule has 0 fully saturated rings. The Morgan fingerprint density at radius 3 is 2.40 bits per heavy atom. The molecule has 0 atom stereocenters. The van der Waals surface area contributed by atoms with Crippen LogP contribution in [0.3, 0.4) is 0 Å². The Hall–Kier alpha value is -1.60. The lowest BCUT2D eigenvalue weighted by atomic mass is 10.1. The minimum Gasteiger partial charge on any atom is -0.398 e. The second-order valence-corrected chi connectivity index (χ2v) is 7.26. The number of rotatable bonds is 3. The largest absolute Gasteiger partial charge is 0.398 e. The molecule has 0 saturated heterocycles. The molecule has 1 aromatic heterocycles. The van der Waals surface area contributed by atoms with E-state index >= 15 is 0 Å². The number of thiazole rings is 1. The van der Waals surface area contributed by atoms with Gasteiger partial charge in [-0.25, -0.2) is 13.4 Å². The first-order valence-corrected chi connectivity index (χ1v) is 8.40. The number of nitrogens with two attached hydrogens (primary N) is 1. The van der Waals surface area contributed by atoms with Gasteiger partial charge in [0, 0.05) is 11.1 Å². The summed E-state index contributed by atoms with van der Waals surface area (Å²) in [6, 6.07) is 1.78. The average Bonchev–Trinajstić information content (AvgIpc) is 2.70. The molecule has 1 aromatic carbocycles. The highest BCUT2D eigenvalue weighted by Gasteiger charge is 2.23. The minimum absolute atomic E-state index is 0.230. The molecule has 0 aliphatic rings. The third-order valence-corrected chi connectivity index (χ3v) is 5.70. The van der Waals surface area contributed by atoms with E-state index in [1.165, 1.54) is 11.3 Å². The van der Waals surface area contributed by atoms with Gasteiger partial charge in [-0.15, -0.1) is 11.3 Å². The van der Waals surface area contributed by atoms with Crippen LogP contribution < -0.4 is 10.5 Å². The minimum atomic E-state index is -3.68. The summed E-state index contributed by atoms with van der Waals surface area (Å²) in [4.78, 5) is 4.35. The summed E-state index contributed by atoms with van der Waals surface area (Å²) in [6.45, 7) is 7.16. The smallest absolute Gasteiger partial charge is 0.264 e. The Labute approximate surface area is 122 Å². The quantitative estimate of drug-likeness (QED) is 0.854. The number of anilines is 2. The van der Waals surface area contributed by atoms with Crippen LogP contribution in [0.2, 0.25) is 0 Å². The van der Waals surface area contributed by atoms with Gasteiger partial charge in [0.2, 0.25) is 0 Å². The molecule has 0 bridgehead atoms. The molecule has 5 nitrogen and oxygen atoms in total. The summed E-state index contributed by atoms with van der Waals surface area (Å²) in [5.74, 6) is 0. The Balaban J connectivity index is 2.52. The lowest BCUT2D eigenvalue weighted by Crippen LogP contribution is -2.17. The third kappa shape index (κ3) is 2.64. The molecule has 2 rings (SSSR count). The Morgan fingerprint density at radius 1 is 1.20 bits per heavy atom. The predicted molar refractivity (Wildman–Crippen MR) is 82.7 cm³/mol. The van der Waals surface area contributed by atoms with Crippen molar-refractivity contribution in [2.75, 3.05) is 10.5 Å². The standard InChI is InChI=1S/C13H17N3O2S2/c1-7-5-8(2)12(10(4)11(7)14)20(17,18)16-13-15-9(3)6-19-13/h5-6H,14H2,1-4H3,(H,15,16). The molecule has 108 valence electrons. The fourth-order valence-electron chi connectivity index (χ4n) is 2.16. The molecule has 0 saturated carbocycles. The van der Waals surface area contributed by atoms with Crippen LogP contribution in [-0.4, -0.2) is 13.4 Å². The number of hydrogen-bond donors (Lipinski definition) is 2.